The lowest BCUT2D eigenvalue weighted by atomic mass is 10.5. The van der Waals surface area contributed by atoms with Gasteiger partial charge < -0.3 is 0 Å². The van der Waals surface area contributed by atoms with Crippen LogP contribution in [0.1, 0.15) is 0 Å². The predicted molar refractivity (Wildman–Crippen MR) is 29.2 cm³/mol. The van der Waals surface area contributed by atoms with E-state index in [1.165, 1.54) is 0 Å². The minimum atomic E-state index is -5.71. The number of hydrogen-bond donors (Lipinski definition) is 0. The molecule has 2 nitrogen and oxygen atoms in total. The Kier molecular flexibility index (Phi) is 3.54. The van der Waals surface area contributed by atoms with Gasteiger partial charge in [0.1, 0.15) is 0 Å². The van der Waals surface area contributed by atoms with E-state index in [-0.39, 0.29) is 0 Å². The van der Waals surface area contributed by atoms with Gasteiger partial charge in [-0.25, -0.2) is 0 Å². The average Bonchev–Trinajstić information content (AvgIpc) is 1.78. The van der Waals surface area contributed by atoms with Crippen molar-refractivity contribution in [3.63, 3.8) is 0 Å². The molecule has 14 heavy (non-hydrogen) atoms. The highest BCUT2D eigenvalue weighted by molar-refractivity contribution is 5.65. The molecule has 0 aromatic heterocycles. The minimum absolute atomic E-state index is 0.894. The van der Waals surface area contributed by atoms with Crippen LogP contribution in [0.5, 0.6) is 0 Å². The van der Waals surface area contributed by atoms with Crippen molar-refractivity contribution in [2.45, 2.75) is 12.1 Å². The number of aliphatic imine (C=N–C) groups is 2. The minimum Gasteiger partial charge on any atom is -0.171 e. The molecular weight excluding hydrogens is 228 g/mol. The molecule has 0 atom stereocenters. The van der Waals surface area contributed by atoms with Crippen LogP contribution in [0.4, 0.5) is 35.1 Å². The molecule has 10 heteroatoms. The molecule has 0 rings (SSSR count). The van der Waals surface area contributed by atoms with E-state index in [1.807, 2.05) is 0 Å². The average molecular weight is 228 g/mol. The second-order valence-corrected chi connectivity index (χ2v) is 1.79. The molecule has 0 N–H and O–H groups in total. The van der Waals surface area contributed by atoms with E-state index in [0.717, 1.165) is 9.98 Å². The van der Waals surface area contributed by atoms with Gasteiger partial charge in [-0.3, -0.25) is 0 Å². The van der Waals surface area contributed by atoms with Crippen LogP contribution in [0.25, 0.3) is 0 Å². The lowest BCUT2D eigenvalue weighted by Gasteiger charge is -2.16. The summed E-state index contributed by atoms with van der Waals surface area (Å²) >= 11 is 0. The number of alkyl halides is 4. The maximum Gasteiger partial charge on any atom is 0.431 e. The molecule has 0 aliphatic heterocycles. The van der Waals surface area contributed by atoms with Crippen LogP contribution in [0, 0.1) is 0 Å². The summed E-state index contributed by atoms with van der Waals surface area (Å²) in [5.41, 5.74) is 0. The standard InChI is InChI=1S/C4F8N2/c5-1(6)13-3(9,10)4(11,12)14-2(7)8. The van der Waals surface area contributed by atoms with Gasteiger partial charge in [-0.1, -0.05) is 0 Å². The predicted octanol–water partition coefficient (Wildman–Crippen LogP) is 2.76. The fourth-order valence-electron chi connectivity index (χ4n) is 0.347. The van der Waals surface area contributed by atoms with Crippen molar-refractivity contribution in [3.05, 3.63) is 0 Å². The molecule has 0 aromatic rings. The van der Waals surface area contributed by atoms with Gasteiger partial charge >= 0.3 is 24.5 Å². The van der Waals surface area contributed by atoms with E-state index in [4.69, 9.17) is 0 Å². The van der Waals surface area contributed by atoms with E-state index in [1.54, 1.807) is 0 Å². The zero-order valence-electron chi connectivity index (χ0n) is 5.92. The van der Waals surface area contributed by atoms with Crippen molar-refractivity contribution in [2.24, 2.45) is 9.98 Å². The van der Waals surface area contributed by atoms with Crippen molar-refractivity contribution in [1.82, 2.24) is 0 Å². The molecule has 0 unspecified atom stereocenters. The van der Waals surface area contributed by atoms with Gasteiger partial charge in [0.25, 0.3) is 0 Å². The second-order valence-electron chi connectivity index (χ2n) is 1.79. The first-order chi connectivity index (χ1) is 6.08. The molecule has 0 amide bonds. The molecule has 0 fully saturated rings. The van der Waals surface area contributed by atoms with E-state index in [9.17, 15) is 35.1 Å². The van der Waals surface area contributed by atoms with Crippen LogP contribution in [0.2, 0.25) is 0 Å². The zero-order chi connectivity index (χ0) is 11.6. The van der Waals surface area contributed by atoms with Gasteiger partial charge in [-0.2, -0.15) is 45.1 Å². The maximum absolute atomic E-state index is 12.0. The summed E-state index contributed by atoms with van der Waals surface area (Å²) in [6, 6.07) is -11.4. The third kappa shape index (κ3) is 3.26. The Labute approximate surface area is 70.9 Å². The van der Waals surface area contributed by atoms with Crippen LogP contribution in [0.3, 0.4) is 0 Å². The molecule has 0 bridgehead atoms. The molecule has 82 valence electrons. The normalized spacial score (nSPS) is 12.3. The Morgan fingerprint density at radius 3 is 1.00 bits per heavy atom. The van der Waals surface area contributed by atoms with Gasteiger partial charge in [0.05, 0.1) is 0 Å². The summed E-state index contributed by atoms with van der Waals surface area (Å²) in [5.74, 6) is 0. The van der Waals surface area contributed by atoms with E-state index in [2.05, 4.69) is 0 Å². The number of rotatable bonds is 3. The van der Waals surface area contributed by atoms with Crippen LogP contribution in [-0.2, 0) is 0 Å². The third-order valence-electron chi connectivity index (χ3n) is 0.812. The Bertz CT molecular complexity index is 233. The Hall–Kier alpha value is -1.22. The van der Waals surface area contributed by atoms with E-state index in [0.29, 0.717) is 0 Å². The number of nitrogens with zero attached hydrogens (tertiary/aromatic N) is 2. The van der Waals surface area contributed by atoms with Crippen molar-refractivity contribution < 1.29 is 35.1 Å². The summed E-state index contributed by atoms with van der Waals surface area (Å²) < 4.78 is 92.2. The Balaban J connectivity index is 5.07. The van der Waals surface area contributed by atoms with Crippen LogP contribution >= 0.6 is 0 Å². The topological polar surface area (TPSA) is 24.7 Å². The van der Waals surface area contributed by atoms with Crippen molar-refractivity contribution in [3.8, 4) is 0 Å². The van der Waals surface area contributed by atoms with Gasteiger partial charge in [-0.05, 0) is 0 Å². The number of halogens is 8. The fraction of sp³-hybridized carbons (Fsp3) is 0.500. The Morgan fingerprint density at radius 2 is 0.857 bits per heavy atom. The third-order valence-corrected chi connectivity index (χ3v) is 0.812. The highest BCUT2D eigenvalue weighted by Crippen LogP contribution is 2.37. The molecule has 0 aromatic carbocycles. The van der Waals surface area contributed by atoms with Crippen LogP contribution in [-0.4, -0.2) is 24.5 Å². The first-order valence-electron chi connectivity index (χ1n) is 2.66. The summed E-state index contributed by atoms with van der Waals surface area (Å²) in [4.78, 5) is 1.79. The largest absolute Gasteiger partial charge is 0.431 e. The van der Waals surface area contributed by atoms with Gasteiger partial charge in [0.2, 0.25) is 0 Å². The van der Waals surface area contributed by atoms with Crippen molar-refractivity contribution >= 4 is 12.4 Å². The molecule has 0 heterocycles. The monoisotopic (exact) mass is 228 g/mol. The lowest BCUT2D eigenvalue weighted by Crippen LogP contribution is -2.37. The molecule has 0 aliphatic carbocycles. The molecule has 0 spiro atoms. The molecule has 0 aliphatic rings. The lowest BCUT2D eigenvalue weighted by molar-refractivity contribution is -0.199. The molecule has 0 saturated carbocycles. The summed E-state index contributed by atoms with van der Waals surface area (Å²) in [6.45, 7) is 0. The second kappa shape index (κ2) is 3.88. The number of hydrogen-bond acceptors (Lipinski definition) is 2. The van der Waals surface area contributed by atoms with E-state index < -0.39 is 24.5 Å². The summed E-state index contributed by atoms with van der Waals surface area (Å²) in [6.07, 6.45) is -6.74. The van der Waals surface area contributed by atoms with Gasteiger partial charge in [0.15, 0.2) is 0 Å². The van der Waals surface area contributed by atoms with Gasteiger partial charge in [-0.15, -0.1) is 0 Å². The van der Waals surface area contributed by atoms with Crippen LogP contribution in [0.15, 0.2) is 9.98 Å². The first kappa shape index (κ1) is 12.8. The maximum atomic E-state index is 12.0. The smallest absolute Gasteiger partial charge is 0.171 e. The molecular formula is C4F8N2. The summed E-state index contributed by atoms with van der Waals surface area (Å²) in [5, 5.41) is 0. The first-order valence-corrected chi connectivity index (χ1v) is 2.66. The quantitative estimate of drug-likeness (QED) is 0.403. The highest BCUT2D eigenvalue weighted by Gasteiger charge is 2.58. The van der Waals surface area contributed by atoms with Gasteiger partial charge in [0, 0.05) is 0 Å². The highest BCUT2D eigenvalue weighted by atomic mass is 19.3. The molecule has 0 radical (unpaired) electrons. The molecule has 0 saturated heterocycles. The Morgan fingerprint density at radius 1 is 0.643 bits per heavy atom. The van der Waals surface area contributed by atoms with Crippen LogP contribution < -0.4 is 0 Å². The van der Waals surface area contributed by atoms with Crippen molar-refractivity contribution in [1.29, 1.82) is 0 Å². The zero-order valence-corrected chi connectivity index (χ0v) is 5.92. The fourth-order valence-corrected chi connectivity index (χ4v) is 0.347. The summed E-state index contributed by atoms with van der Waals surface area (Å²) in [7, 11) is 0. The SMILES string of the molecule is FC(F)=NC(F)(F)C(F)(F)N=C(F)F. The van der Waals surface area contributed by atoms with Crippen molar-refractivity contribution in [2.75, 3.05) is 0 Å². The van der Waals surface area contributed by atoms with E-state index >= 15 is 0 Å².